The molecule has 8 heteroatoms. The van der Waals surface area contributed by atoms with Gasteiger partial charge >= 0.3 is 0 Å². The van der Waals surface area contributed by atoms with Crippen molar-refractivity contribution in [2.75, 3.05) is 6.26 Å². The molecule has 110 valence electrons. The van der Waals surface area contributed by atoms with Crippen LogP contribution in [0.15, 0.2) is 52.6 Å². The number of amides is 1. The normalized spacial score (nSPS) is 11.1. The summed E-state index contributed by atoms with van der Waals surface area (Å²) in [6.45, 7) is 0. The third kappa shape index (κ3) is 3.48. The summed E-state index contributed by atoms with van der Waals surface area (Å²) in [5.74, 6) is -1.08. The average Bonchev–Trinajstić information content (AvgIpc) is 2.90. The highest BCUT2D eigenvalue weighted by molar-refractivity contribution is 7.90. The zero-order valence-electron chi connectivity index (χ0n) is 11.2. The fraction of sp³-hybridized carbons (Fsp3) is 0.0769. The third-order valence-electron chi connectivity index (χ3n) is 2.70. The van der Waals surface area contributed by atoms with Crippen molar-refractivity contribution in [1.29, 1.82) is 0 Å². The number of carbonyl (C=O) groups excluding carboxylic acids is 1. The monoisotopic (exact) mass is 306 g/mol. The van der Waals surface area contributed by atoms with Crippen molar-refractivity contribution in [3.8, 4) is 5.69 Å². The van der Waals surface area contributed by atoms with E-state index < -0.39 is 15.7 Å². The molecular formula is C13H14N4O3S. The highest BCUT2D eigenvalue weighted by Gasteiger charge is 2.14. The summed E-state index contributed by atoms with van der Waals surface area (Å²) in [4.78, 5) is 15.3. The van der Waals surface area contributed by atoms with Gasteiger partial charge in [0.1, 0.15) is 0 Å². The molecule has 0 bridgehead atoms. The molecule has 0 aliphatic heterocycles. The molecule has 1 aromatic heterocycles. The second kappa shape index (κ2) is 5.41. The SMILES string of the molecule is CS(=O)(=O)c1cc(C(=O)N=C(N)N)cc(-n2cccc2)c1. The van der Waals surface area contributed by atoms with Crippen molar-refractivity contribution in [3.05, 3.63) is 48.3 Å². The zero-order valence-corrected chi connectivity index (χ0v) is 12.0. The lowest BCUT2D eigenvalue weighted by Gasteiger charge is -2.08. The van der Waals surface area contributed by atoms with E-state index in [-0.39, 0.29) is 16.4 Å². The molecule has 1 heterocycles. The van der Waals surface area contributed by atoms with Crippen molar-refractivity contribution in [2.24, 2.45) is 16.5 Å². The van der Waals surface area contributed by atoms with E-state index in [1.54, 1.807) is 29.1 Å². The van der Waals surface area contributed by atoms with Crippen LogP contribution in [0.1, 0.15) is 10.4 Å². The predicted octanol–water partition coefficient (Wildman–Crippen LogP) is 0.294. The number of carbonyl (C=O) groups is 1. The van der Waals surface area contributed by atoms with Crippen LogP contribution in [-0.4, -0.2) is 31.1 Å². The van der Waals surface area contributed by atoms with Crippen LogP contribution in [0, 0.1) is 0 Å². The largest absolute Gasteiger partial charge is 0.370 e. The van der Waals surface area contributed by atoms with Crippen LogP contribution >= 0.6 is 0 Å². The Bertz CT molecular complexity index is 804. The fourth-order valence-corrected chi connectivity index (χ4v) is 2.43. The fourth-order valence-electron chi connectivity index (χ4n) is 1.76. The molecular weight excluding hydrogens is 292 g/mol. The Hall–Kier alpha value is -2.61. The van der Waals surface area contributed by atoms with Gasteiger partial charge in [0.05, 0.1) is 4.90 Å². The van der Waals surface area contributed by atoms with Gasteiger partial charge in [-0.15, -0.1) is 0 Å². The van der Waals surface area contributed by atoms with Crippen molar-refractivity contribution >= 4 is 21.7 Å². The molecule has 0 radical (unpaired) electrons. The van der Waals surface area contributed by atoms with E-state index in [9.17, 15) is 13.2 Å². The summed E-state index contributed by atoms with van der Waals surface area (Å²) >= 11 is 0. The summed E-state index contributed by atoms with van der Waals surface area (Å²) in [7, 11) is -3.48. The molecule has 0 spiro atoms. The molecule has 0 fully saturated rings. The van der Waals surface area contributed by atoms with Gasteiger partial charge in [-0.1, -0.05) is 0 Å². The first-order chi connectivity index (χ1) is 9.77. The molecule has 0 saturated heterocycles. The summed E-state index contributed by atoms with van der Waals surface area (Å²) in [5, 5.41) is 0. The lowest BCUT2D eigenvalue weighted by Crippen LogP contribution is -2.24. The minimum atomic E-state index is -3.48. The number of hydrogen-bond donors (Lipinski definition) is 2. The predicted molar refractivity (Wildman–Crippen MR) is 79.0 cm³/mol. The Morgan fingerprint density at radius 3 is 2.29 bits per heavy atom. The van der Waals surface area contributed by atoms with E-state index in [2.05, 4.69) is 4.99 Å². The summed E-state index contributed by atoms with van der Waals surface area (Å²) < 4.78 is 25.2. The first-order valence-electron chi connectivity index (χ1n) is 5.90. The van der Waals surface area contributed by atoms with E-state index in [4.69, 9.17) is 11.5 Å². The second-order valence-corrected chi connectivity index (χ2v) is 6.44. The molecule has 2 aromatic rings. The van der Waals surface area contributed by atoms with Crippen LogP contribution in [0.5, 0.6) is 0 Å². The third-order valence-corrected chi connectivity index (χ3v) is 3.79. The number of nitrogens with two attached hydrogens (primary N) is 2. The first kappa shape index (κ1) is 14.8. The Labute approximate surface area is 121 Å². The quantitative estimate of drug-likeness (QED) is 0.624. The highest BCUT2D eigenvalue weighted by atomic mass is 32.2. The van der Waals surface area contributed by atoms with Gasteiger partial charge < -0.3 is 16.0 Å². The molecule has 7 nitrogen and oxygen atoms in total. The van der Waals surface area contributed by atoms with Gasteiger partial charge in [0.15, 0.2) is 15.8 Å². The number of rotatable bonds is 3. The number of aromatic nitrogens is 1. The average molecular weight is 306 g/mol. The van der Waals surface area contributed by atoms with Crippen LogP contribution in [-0.2, 0) is 9.84 Å². The molecule has 0 atom stereocenters. The minimum Gasteiger partial charge on any atom is -0.370 e. The van der Waals surface area contributed by atoms with Gasteiger partial charge in [-0.2, -0.15) is 4.99 Å². The van der Waals surface area contributed by atoms with Crippen molar-refractivity contribution < 1.29 is 13.2 Å². The molecule has 1 aromatic carbocycles. The van der Waals surface area contributed by atoms with Gasteiger partial charge in [-0.05, 0) is 30.3 Å². The first-order valence-corrected chi connectivity index (χ1v) is 7.79. The van der Waals surface area contributed by atoms with Gasteiger partial charge in [0.2, 0.25) is 0 Å². The number of guanidine groups is 1. The molecule has 0 saturated carbocycles. The van der Waals surface area contributed by atoms with Crippen LogP contribution < -0.4 is 11.5 Å². The number of benzene rings is 1. The van der Waals surface area contributed by atoms with Crippen LogP contribution in [0.25, 0.3) is 5.69 Å². The Morgan fingerprint density at radius 1 is 1.14 bits per heavy atom. The number of hydrogen-bond acceptors (Lipinski definition) is 3. The van der Waals surface area contributed by atoms with E-state index in [1.165, 1.54) is 18.2 Å². The minimum absolute atomic E-state index is 0.0165. The molecule has 4 N–H and O–H groups in total. The van der Waals surface area contributed by atoms with Crippen LogP contribution in [0.4, 0.5) is 0 Å². The Morgan fingerprint density at radius 2 is 1.76 bits per heavy atom. The maximum Gasteiger partial charge on any atom is 0.280 e. The molecule has 0 aliphatic carbocycles. The van der Waals surface area contributed by atoms with Crippen LogP contribution in [0.2, 0.25) is 0 Å². The van der Waals surface area contributed by atoms with E-state index >= 15 is 0 Å². The lowest BCUT2D eigenvalue weighted by molar-refractivity contribution is 0.100. The summed E-state index contributed by atoms with van der Waals surface area (Å²) in [5.41, 5.74) is 11.0. The molecule has 0 aliphatic rings. The summed E-state index contributed by atoms with van der Waals surface area (Å²) in [6.07, 6.45) is 4.53. The number of sulfone groups is 1. The molecule has 21 heavy (non-hydrogen) atoms. The second-order valence-electron chi connectivity index (χ2n) is 4.42. The lowest BCUT2D eigenvalue weighted by atomic mass is 10.2. The van der Waals surface area contributed by atoms with Crippen molar-refractivity contribution in [2.45, 2.75) is 4.90 Å². The van der Waals surface area contributed by atoms with Crippen LogP contribution in [0.3, 0.4) is 0 Å². The molecule has 2 rings (SSSR count). The summed E-state index contributed by atoms with van der Waals surface area (Å²) in [6, 6.07) is 7.80. The van der Waals surface area contributed by atoms with E-state index in [1.807, 2.05) is 0 Å². The van der Waals surface area contributed by atoms with Crippen molar-refractivity contribution in [3.63, 3.8) is 0 Å². The van der Waals surface area contributed by atoms with E-state index in [0.717, 1.165) is 6.26 Å². The highest BCUT2D eigenvalue weighted by Crippen LogP contribution is 2.19. The Balaban J connectivity index is 2.64. The van der Waals surface area contributed by atoms with Gasteiger partial charge in [-0.25, -0.2) is 8.42 Å². The van der Waals surface area contributed by atoms with E-state index in [0.29, 0.717) is 5.69 Å². The zero-order chi connectivity index (χ0) is 15.6. The van der Waals surface area contributed by atoms with Gasteiger partial charge in [0, 0.05) is 29.9 Å². The molecule has 0 unspecified atom stereocenters. The van der Waals surface area contributed by atoms with Crippen molar-refractivity contribution in [1.82, 2.24) is 4.57 Å². The standard InChI is InChI=1S/C13H14N4O3S/c1-21(19,20)11-7-9(12(18)16-13(14)15)6-10(8-11)17-4-2-3-5-17/h2-8H,1H3,(H4,14,15,16,18). The topological polar surface area (TPSA) is 121 Å². The number of aliphatic imine (C=N–C) groups is 1. The maximum atomic E-state index is 11.9. The number of nitrogens with zero attached hydrogens (tertiary/aromatic N) is 2. The molecule has 1 amide bonds. The van der Waals surface area contributed by atoms with Gasteiger partial charge in [-0.3, -0.25) is 4.79 Å². The maximum absolute atomic E-state index is 11.9. The Kier molecular flexibility index (Phi) is 3.81. The van der Waals surface area contributed by atoms with Gasteiger partial charge in [0.25, 0.3) is 5.91 Å². The smallest absolute Gasteiger partial charge is 0.280 e.